The Hall–Kier alpha value is -2.63. The molecule has 0 N–H and O–H groups in total. The maximum Gasteiger partial charge on any atom is 2.00 e. The number of carbonyl (C=O) groups excluding carboxylic acids is 2. The fraction of sp³-hybridized carbons (Fsp3) is 0.240. The van der Waals surface area contributed by atoms with Crippen LogP contribution in [0.4, 0.5) is 0 Å². The van der Waals surface area contributed by atoms with E-state index in [2.05, 4.69) is 45.5 Å². The quantitative estimate of drug-likeness (QED) is 0.137. The van der Waals surface area contributed by atoms with Gasteiger partial charge in [0.2, 0.25) is 0 Å². The molecule has 0 saturated carbocycles. The maximum atomic E-state index is 13.8. The second-order valence-electron chi connectivity index (χ2n) is 9.26. The van der Waals surface area contributed by atoms with E-state index < -0.39 is 8.24 Å². The van der Waals surface area contributed by atoms with Crippen LogP contribution in [0.2, 0.25) is 18.1 Å². The molecule has 33 heavy (non-hydrogen) atoms. The summed E-state index contributed by atoms with van der Waals surface area (Å²) >= 11 is 0. The van der Waals surface area contributed by atoms with Crippen LogP contribution in [0.5, 0.6) is 0 Å². The van der Waals surface area contributed by atoms with Gasteiger partial charge in [0, 0.05) is 11.6 Å². The Morgan fingerprint density at radius 1 is 0.970 bits per heavy atom. The zero-order valence-electron chi connectivity index (χ0n) is 19.5. The largest absolute Gasteiger partial charge is 2.00 e. The fourth-order valence-corrected chi connectivity index (χ4v) is 6.07. The minimum Gasteiger partial charge on any atom is -0.358 e. The van der Waals surface area contributed by atoms with Crippen LogP contribution in [0.1, 0.15) is 41.5 Å². The van der Waals surface area contributed by atoms with Gasteiger partial charge in [-0.3, -0.25) is 14.6 Å². The van der Waals surface area contributed by atoms with Crippen molar-refractivity contribution in [2.24, 2.45) is 0 Å². The first-order valence-corrected chi connectivity index (χ1v) is 12.9. The molecule has 170 valence electrons. The molecule has 0 atom stereocenters. The molecule has 2 amide bonds. The molecule has 5 rings (SSSR count). The monoisotopic (exact) mass is 545 g/mol. The van der Waals surface area contributed by atoms with Gasteiger partial charge in [0.25, 0.3) is 11.8 Å². The molecule has 0 aliphatic carbocycles. The Labute approximate surface area is 207 Å². The molecule has 0 fully saturated rings. The van der Waals surface area contributed by atoms with Crippen molar-refractivity contribution in [3.05, 3.63) is 67.8 Å². The van der Waals surface area contributed by atoms with Crippen molar-refractivity contribution in [3.63, 3.8) is 0 Å². The summed E-state index contributed by atoms with van der Waals surface area (Å²) in [5.41, 5.74) is 3.15. The summed E-state index contributed by atoms with van der Waals surface area (Å²) in [6, 6.07) is 11.4. The third-order valence-corrected chi connectivity index (χ3v) is 11.9. The van der Waals surface area contributed by atoms with Crippen LogP contribution in [-0.4, -0.2) is 29.6 Å². The molecule has 1 aliphatic rings. The topological polar surface area (TPSA) is 84.3 Å². The molecule has 2 aromatic carbocycles. The fourth-order valence-electron chi connectivity index (χ4n) is 4.16. The van der Waals surface area contributed by atoms with Gasteiger partial charge >= 0.3 is 30.8 Å². The maximum absolute atomic E-state index is 13.8. The van der Waals surface area contributed by atoms with Crippen molar-refractivity contribution in [1.29, 1.82) is 0 Å². The summed E-state index contributed by atoms with van der Waals surface area (Å²) < 4.78 is 9.07. The molecule has 1 aliphatic heterocycles. The Morgan fingerprint density at radius 2 is 1.55 bits per heavy atom. The van der Waals surface area contributed by atoms with E-state index >= 15 is 0 Å². The molecule has 0 saturated heterocycles. The van der Waals surface area contributed by atoms with E-state index in [-0.39, 0.29) is 43.8 Å². The van der Waals surface area contributed by atoms with Gasteiger partial charge in [-0.05, 0) is 21.9 Å². The summed E-state index contributed by atoms with van der Waals surface area (Å²) in [6.07, 6.45) is 1.71. The van der Waals surface area contributed by atoms with E-state index in [1.807, 2.05) is 36.4 Å². The van der Waals surface area contributed by atoms with E-state index in [1.54, 1.807) is 10.8 Å². The summed E-state index contributed by atoms with van der Waals surface area (Å²) in [5.74, 6) is -0.382. The molecule has 0 spiro atoms. The molecule has 0 radical (unpaired) electrons. The number of imide groups is 1. The molecular weight excluding hydrogens is 519 g/mol. The first kappa shape index (κ1) is 26.6. The van der Waals surface area contributed by atoms with E-state index in [9.17, 15) is 9.59 Å². The van der Waals surface area contributed by atoms with Crippen LogP contribution >= 0.6 is 0 Å². The van der Waals surface area contributed by atoms with Crippen LogP contribution in [0.15, 0.2) is 42.6 Å². The number of aromatic nitrogens is 2. The average molecular weight is 545 g/mol. The summed E-state index contributed by atoms with van der Waals surface area (Å²) in [6.45, 7) is 15.0. The van der Waals surface area contributed by atoms with Crippen LogP contribution < -0.4 is 4.98 Å². The van der Waals surface area contributed by atoms with Crippen molar-refractivity contribution in [2.45, 2.75) is 38.9 Å². The smallest absolute Gasteiger partial charge is 0.358 e. The van der Waals surface area contributed by atoms with Gasteiger partial charge in [-0.1, -0.05) is 64.2 Å². The predicted molar refractivity (Wildman–Crippen MR) is 128 cm³/mol. The Balaban J connectivity index is 0.000000939. The van der Waals surface area contributed by atoms with Crippen LogP contribution in [0.25, 0.3) is 32.7 Å². The number of hydrogen-bond acceptors (Lipinski definition) is 3. The number of rotatable bonds is 1. The van der Waals surface area contributed by atoms with Crippen molar-refractivity contribution in [3.8, 4) is 0 Å². The Bertz CT molecular complexity index is 1420. The van der Waals surface area contributed by atoms with E-state index in [0.717, 1.165) is 16.3 Å². The van der Waals surface area contributed by atoms with Crippen molar-refractivity contribution in [1.82, 2.24) is 14.5 Å². The van der Waals surface area contributed by atoms with Gasteiger partial charge in [-0.2, -0.15) is 0 Å². The molecule has 0 bridgehead atoms. The Morgan fingerprint density at radius 3 is 2.18 bits per heavy atom. The molecule has 6 nitrogen and oxygen atoms in total. The number of benzene rings is 2. The summed E-state index contributed by atoms with van der Waals surface area (Å²) in [5, 5.41) is 2.20. The van der Waals surface area contributed by atoms with Gasteiger partial charge in [0.05, 0.1) is 16.6 Å². The van der Waals surface area contributed by atoms with Crippen LogP contribution in [0, 0.1) is 14.1 Å². The number of hydrogen-bond donors (Lipinski definition) is 0. The first-order valence-electron chi connectivity index (χ1n) is 9.99. The molecule has 2 aromatic heterocycles. The van der Waals surface area contributed by atoms with Crippen LogP contribution in [-0.2, 0) is 24.1 Å². The zero-order valence-corrected chi connectivity index (χ0v) is 22.2. The predicted octanol–water partition coefficient (Wildman–Crippen LogP) is 5.51. The first-order chi connectivity index (χ1) is 14.6. The molecule has 8 heteroatoms. The zero-order chi connectivity index (χ0) is 22.7. The van der Waals surface area contributed by atoms with Gasteiger partial charge in [0.15, 0.2) is 8.24 Å². The number of carbonyl (C=O) groups is 2. The average Bonchev–Trinajstić information content (AvgIpc) is 3.24. The summed E-state index contributed by atoms with van der Waals surface area (Å²) in [7, 11) is -2.42. The van der Waals surface area contributed by atoms with Crippen LogP contribution in [0.3, 0.4) is 0 Å². The Kier molecular flexibility index (Phi) is 7.23. The minimum absolute atomic E-state index is 0. The minimum atomic E-state index is -2.42. The second kappa shape index (κ2) is 8.96. The molecule has 4 aromatic rings. The van der Waals surface area contributed by atoms with E-state index in [4.69, 9.17) is 9.64 Å². The second-order valence-corrected chi connectivity index (χ2v) is 14.3. The van der Waals surface area contributed by atoms with Gasteiger partial charge in [0.1, 0.15) is 0 Å². The SMILES string of the molecule is CC(C)(C)[Si](C)(C)N1C(=O)c2c(c3c4ccccc4[n-]c3c3ncccc23)C1=O.[C-]#[O+].[CH3-].[Ru+2]. The number of fused-ring (bicyclic) bond motifs is 8. The molecule has 3 heterocycles. The number of para-hydroxylation sites is 1. The van der Waals surface area contributed by atoms with Crippen molar-refractivity contribution >= 4 is 52.8 Å². The van der Waals surface area contributed by atoms with Gasteiger partial charge < -0.3 is 17.0 Å². The third-order valence-electron chi connectivity index (χ3n) is 6.67. The van der Waals surface area contributed by atoms with Gasteiger partial charge in [-0.15, -0.1) is 11.0 Å². The summed E-state index contributed by atoms with van der Waals surface area (Å²) in [4.78, 5) is 36.8. The molecule has 0 unspecified atom stereocenters. The number of amides is 2. The number of pyridine rings is 1. The molecular formula is C25H25N3O3RuSi. The van der Waals surface area contributed by atoms with Crippen molar-refractivity contribution < 1.29 is 33.7 Å². The van der Waals surface area contributed by atoms with E-state index in [0.29, 0.717) is 27.5 Å². The third kappa shape index (κ3) is 3.58. The van der Waals surface area contributed by atoms with Gasteiger partial charge in [-0.25, -0.2) is 0 Å². The normalized spacial score (nSPS) is 13.4. The van der Waals surface area contributed by atoms with Crippen molar-refractivity contribution in [2.75, 3.05) is 0 Å². The standard InChI is InChI=1S/C23H23N3O2Si.CO.CH3.Ru/c1-23(2,3)29(4,5)26-21(27)17-14-10-8-12-24-19(14)20-16(18(17)22(26)28)13-9-6-7-11-15(13)25-20;1-2;;/h6-12H,1-5H3,(H,24,25,27,28);;1H3;/q;;-1;+2/p-1. The number of nitrogens with zero attached hydrogens (tertiary/aromatic N) is 3. The van der Waals surface area contributed by atoms with E-state index in [1.165, 1.54) is 0 Å².